The first-order chi connectivity index (χ1) is 25.3. The van der Waals surface area contributed by atoms with Gasteiger partial charge in [0.1, 0.15) is 0 Å². The second kappa shape index (κ2) is 11.0. The van der Waals surface area contributed by atoms with Gasteiger partial charge in [-0.2, -0.15) is 0 Å². The van der Waals surface area contributed by atoms with E-state index in [9.17, 15) is 0 Å². The summed E-state index contributed by atoms with van der Waals surface area (Å²) in [6.07, 6.45) is 0. The van der Waals surface area contributed by atoms with Gasteiger partial charge in [-0.05, 0) is 82.9 Å². The molecule has 0 aliphatic carbocycles. The highest BCUT2D eigenvalue weighted by atomic mass is 32.1. The van der Waals surface area contributed by atoms with Crippen LogP contribution in [0.2, 0.25) is 0 Å². The quantitative estimate of drug-likeness (QED) is 0.177. The molecule has 3 aromatic heterocycles. The molecule has 238 valence electrons. The lowest BCUT2D eigenvalue weighted by molar-refractivity contribution is 1.17. The van der Waals surface area contributed by atoms with Crippen molar-refractivity contribution in [3.8, 4) is 33.6 Å². The van der Waals surface area contributed by atoms with Crippen molar-refractivity contribution in [2.24, 2.45) is 0 Å². The van der Waals surface area contributed by atoms with Gasteiger partial charge in [-0.3, -0.25) is 0 Å². The molecule has 0 radical (unpaired) electrons. The highest BCUT2D eigenvalue weighted by Gasteiger charge is 2.21. The fourth-order valence-electron chi connectivity index (χ4n) is 8.26. The van der Waals surface area contributed by atoms with E-state index in [1.807, 2.05) is 11.3 Å². The molecule has 0 N–H and O–H groups in total. The Hall–Kier alpha value is -6.42. The summed E-state index contributed by atoms with van der Waals surface area (Å²) in [6, 6.07) is 66.6. The van der Waals surface area contributed by atoms with Gasteiger partial charge in [0.2, 0.25) is 0 Å². The van der Waals surface area contributed by atoms with Crippen LogP contribution in [0.4, 0.5) is 0 Å². The lowest BCUT2D eigenvalue weighted by Crippen LogP contribution is -1.95. The number of hydrogen-bond acceptors (Lipinski definition) is 1. The normalized spacial score (nSPS) is 11.9. The smallest absolute Gasteiger partial charge is 0.0548 e. The number of nitrogens with zero attached hydrogens (tertiary/aromatic N) is 2. The number of rotatable bonds is 4. The van der Waals surface area contributed by atoms with Gasteiger partial charge in [0.25, 0.3) is 0 Å². The third-order valence-corrected chi connectivity index (χ3v) is 11.6. The third kappa shape index (κ3) is 4.29. The Bertz CT molecular complexity index is 3140. The molecule has 51 heavy (non-hydrogen) atoms. The maximum atomic E-state index is 2.45. The van der Waals surface area contributed by atoms with Gasteiger partial charge < -0.3 is 9.13 Å². The van der Waals surface area contributed by atoms with Gasteiger partial charge in [-0.15, -0.1) is 11.3 Å². The van der Waals surface area contributed by atoms with E-state index in [0.717, 1.165) is 11.4 Å². The molecule has 3 heteroatoms. The Balaban J connectivity index is 1.14. The second-order valence-electron chi connectivity index (χ2n) is 13.3. The summed E-state index contributed by atoms with van der Waals surface area (Å²) >= 11 is 1.87. The third-order valence-electron chi connectivity index (χ3n) is 10.5. The zero-order valence-electron chi connectivity index (χ0n) is 27.6. The van der Waals surface area contributed by atoms with Crippen LogP contribution in [0.1, 0.15) is 0 Å². The molecule has 0 fully saturated rings. The average molecular weight is 667 g/mol. The SMILES string of the molecule is c1ccc(-c2cccc(-n3c4ccccc4c4c5c6ccccc6n(-c6cccc(-c7ccc8c(c7)sc7ccccc78)c6)c5ccc43)c2)cc1. The number of benzene rings is 8. The first kappa shape index (κ1) is 28.4. The van der Waals surface area contributed by atoms with Gasteiger partial charge in [0, 0.05) is 53.1 Å². The van der Waals surface area contributed by atoms with Crippen LogP contribution in [-0.4, -0.2) is 9.13 Å². The van der Waals surface area contributed by atoms with Crippen LogP contribution in [0.15, 0.2) is 182 Å². The number of aromatic nitrogens is 2. The number of fused-ring (bicyclic) bond motifs is 10. The van der Waals surface area contributed by atoms with Crippen LogP contribution in [0, 0.1) is 0 Å². The van der Waals surface area contributed by atoms with Crippen LogP contribution in [-0.2, 0) is 0 Å². The van der Waals surface area contributed by atoms with Crippen molar-refractivity contribution in [1.82, 2.24) is 9.13 Å². The molecule has 11 aromatic rings. The van der Waals surface area contributed by atoms with Crippen molar-refractivity contribution in [1.29, 1.82) is 0 Å². The molecular formula is C48H30N2S. The van der Waals surface area contributed by atoms with Crippen LogP contribution in [0.5, 0.6) is 0 Å². The van der Waals surface area contributed by atoms with E-state index >= 15 is 0 Å². The molecule has 0 amide bonds. The van der Waals surface area contributed by atoms with E-state index in [1.165, 1.54) is 86.0 Å². The van der Waals surface area contributed by atoms with E-state index in [-0.39, 0.29) is 0 Å². The molecule has 0 atom stereocenters. The zero-order chi connectivity index (χ0) is 33.5. The Morgan fingerprint density at radius 3 is 1.43 bits per heavy atom. The molecule has 11 rings (SSSR count). The maximum Gasteiger partial charge on any atom is 0.0548 e. The zero-order valence-corrected chi connectivity index (χ0v) is 28.4. The molecule has 0 spiro atoms. The van der Waals surface area contributed by atoms with Crippen molar-refractivity contribution in [3.63, 3.8) is 0 Å². The molecule has 0 unspecified atom stereocenters. The number of hydrogen-bond donors (Lipinski definition) is 0. The fourth-order valence-corrected chi connectivity index (χ4v) is 9.41. The summed E-state index contributed by atoms with van der Waals surface area (Å²) in [5.74, 6) is 0. The maximum absolute atomic E-state index is 2.45. The summed E-state index contributed by atoms with van der Waals surface area (Å²) in [5.41, 5.74) is 12.0. The molecule has 3 heterocycles. The Morgan fingerprint density at radius 1 is 0.294 bits per heavy atom. The molecule has 2 nitrogen and oxygen atoms in total. The topological polar surface area (TPSA) is 9.86 Å². The van der Waals surface area contributed by atoms with Crippen LogP contribution in [0.25, 0.3) is 97.4 Å². The Labute approximate surface area is 298 Å². The minimum atomic E-state index is 1.16. The monoisotopic (exact) mass is 666 g/mol. The minimum absolute atomic E-state index is 1.16. The average Bonchev–Trinajstić information content (AvgIpc) is 3.85. The first-order valence-electron chi connectivity index (χ1n) is 17.4. The van der Waals surface area contributed by atoms with Gasteiger partial charge in [0.15, 0.2) is 0 Å². The molecular weight excluding hydrogens is 637 g/mol. The van der Waals surface area contributed by atoms with Gasteiger partial charge in [-0.1, -0.05) is 121 Å². The van der Waals surface area contributed by atoms with E-state index in [2.05, 4.69) is 191 Å². The van der Waals surface area contributed by atoms with Gasteiger partial charge in [-0.25, -0.2) is 0 Å². The standard InChI is InChI=1S/C48H30N2S/c1-2-12-31(13-3-1)32-14-10-16-35(28-32)49-41-21-7-4-19-39(41)47-43(49)26-27-44-48(47)40-20-5-8-22-42(40)50(44)36-17-11-15-33(29-36)34-24-25-38-37-18-6-9-23-45(37)51-46(38)30-34/h1-30H. The van der Waals surface area contributed by atoms with E-state index < -0.39 is 0 Å². The highest BCUT2D eigenvalue weighted by Crippen LogP contribution is 2.43. The number of para-hydroxylation sites is 2. The predicted octanol–water partition coefficient (Wildman–Crippen LogP) is 13.6. The predicted molar refractivity (Wildman–Crippen MR) is 219 cm³/mol. The fraction of sp³-hybridized carbons (Fsp3) is 0. The summed E-state index contributed by atoms with van der Waals surface area (Å²) in [4.78, 5) is 0. The lowest BCUT2D eigenvalue weighted by Gasteiger charge is -2.12. The van der Waals surface area contributed by atoms with Crippen molar-refractivity contribution in [2.45, 2.75) is 0 Å². The summed E-state index contributed by atoms with van der Waals surface area (Å²) in [6.45, 7) is 0. The van der Waals surface area contributed by atoms with E-state index in [0.29, 0.717) is 0 Å². The van der Waals surface area contributed by atoms with Gasteiger partial charge in [0.05, 0.1) is 22.1 Å². The van der Waals surface area contributed by atoms with Crippen molar-refractivity contribution in [3.05, 3.63) is 182 Å². The molecule has 0 aliphatic rings. The van der Waals surface area contributed by atoms with Crippen molar-refractivity contribution in [2.75, 3.05) is 0 Å². The Morgan fingerprint density at radius 2 is 0.784 bits per heavy atom. The molecule has 0 saturated heterocycles. The van der Waals surface area contributed by atoms with E-state index in [4.69, 9.17) is 0 Å². The molecule has 0 bridgehead atoms. The largest absolute Gasteiger partial charge is 0.309 e. The summed E-state index contributed by atoms with van der Waals surface area (Å²) in [5, 5.41) is 7.75. The van der Waals surface area contributed by atoms with Gasteiger partial charge >= 0.3 is 0 Å². The minimum Gasteiger partial charge on any atom is -0.309 e. The van der Waals surface area contributed by atoms with Crippen molar-refractivity contribution >= 4 is 75.1 Å². The lowest BCUT2D eigenvalue weighted by atomic mass is 10.0. The van der Waals surface area contributed by atoms with Crippen molar-refractivity contribution < 1.29 is 0 Å². The van der Waals surface area contributed by atoms with Crippen LogP contribution >= 0.6 is 11.3 Å². The second-order valence-corrected chi connectivity index (χ2v) is 14.4. The highest BCUT2D eigenvalue weighted by molar-refractivity contribution is 7.25. The summed E-state index contributed by atoms with van der Waals surface area (Å²) < 4.78 is 7.55. The molecule has 8 aromatic carbocycles. The molecule has 0 aliphatic heterocycles. The van der Waals surface area contributed by atoms with Crippen LogP contribution in [0.3, 0.4) is 0 Å². The number of thiophene rings is 1. The Kier molecular flexibility index (Phi) is 6.16. The summed E-state index contributed by atoms with van der Waals surface area (Å²) in [7, 11) is 0. The first-order valence-corrected chi connectivity index (χ1v) is 18.3. The molecule has 0 saturated carbocycles. The van der Waals surface area contributed by atoms with Crippen LogP contribution < -0.4 is 0 Å². The van der Waals surface area contributed by atoms with E-state index in [1.54, 1.807) is 0 Å².